The lowest BCUT2D eigenvalue weighted by Gasteiger charge is -2.19. The van der Waals surface area contributed by atoms with Crippen LogP contribution in [0.25, 0.3) is 0 Å². The van der Waals surface area contributed by atoms with E-state index in [-0.39, 0.29) is 11.8 Å². The van der Waals surface area contributed by atoms with Crippen molar-refractivity contribution in [3.8, 4) is 0 Å². The van der Waals surface area contributed by atoms with Crippen molar-refractivity contribution in [2.24, 2.45) is 5.92 Å². The van der Waals surface area contributed by atoms with Crippen LogP contribution in [0.2, 0.25) is 0 Å². The molecule has 1 atom stereocenters. The lowest BCUT2D eigenvalue weighted by Crippen LogP contribution is -2.39. The largest absolute Gasteiger partial charge is 0.353 e. The molecule has 1 fully saturated rings. The fourth-order valence-electron chi connectivity index (χ4n) is 3.51. The topological polar surface area (TPSA) is 29.1 Å². The predicted molar refractivity (Wildman–Crippen MR) is 84.7 cm³/mol. The van der Waals surface area contributed by atoms with Gasteiger partial charge in [-0.2, -0.15) is 0 Å². The molecular weight excluding hydrogens is 314 g/mol. The normalized spacial score (nSPS) is 23.1. The molecule has 0 aromatic heterocycles. The Balaban J connectivity index is 1.59. The number of halogens is 1. The summed E-state index contributed by atoms with van der Waals surface area (Å²) in [6.07, 6.45) is 9.32. The zero-order valence-corrected chi connectivity index (χ0v) is 13.4. The van der Waals surface area contributed by atoms with Crippen molar-refractivity contribution in [1.29, 1.82) is 0 Å². The Kier molecular flexibility index (Phi) is 4.45. The van der Waals surface area contributed by atoms with E-state index in [2.05, 4.69) is 39.4 Å². The summed E-state index contributed by atoms with van der Waals surface area (Å²) in [7, 11) is 0. The molecule has 20 heavy (non-hydrogen) atoms. The smallest absolute Gasteiger partial charge is 0.223 e. The first-order valence-electron chi connectivity index (χ1n) is 7.80. The van der Waals surface area contributed by atoms with Crippen LogP contribution in [-0.4, -0.2) is 11.9 Å². The van der Waals surface area contributed by atoms with Gasteiger partial charge >= 0.3 is 0 Å². The fraction of sp³-hybridized carbons (Fsp3) is 0.588. The molecule has 0 radical (unpaired) electrons. The number of carbonyl (C=O) groups excluding carboxylic acids is 1. The Bertz CT molecular complexity index is 492. The third kappa shape index (κ3) is 3.25. The van der Waals surface area contributed by atoms with Crippen molar-refractivity contribution in [3.63, 3.8) is 0 Å². The molecule has 1 saturated carbocycles. The number of benzene rings is 1. The Morgan fingerprint density at radius 2 is 1.75 bits per heavy atom. The summed E-state index contributed by atoms with van der Waals surface area (Å²) in [6.45, 7) is 0. The molecule has 1 unspecified atom stereocenters. The minimum absolute atomic E-state index is 0.141. The SMILES string of the molecule is O=C(NC1CCCCCC1)C1Cc2ccc(Br)cc2C1. The molecule has 1 aromatic rings. The van der Waals surface area contributed by atoms with Gasteiger partial charge in [0.2, 0.25) is 5.91 Å². The maximum absolute atomic E-state index is 12.5. The van der Waals surface area contributed by atoms with Crippen molar-refractivity contribution in [3.05, 3.63) is 33.8 Å². The monoisotopic (exact) mass is 335 g/mol. The molecule has 0 saturated heterocycles. The second kappa shape index (κ2) is 6.30. The zero-order chi connectivity index (χ0) is 13.9. The van der Waals surface area contributed by atoms with Gasteiger partial charge in [0.1, 0.15) is 0 Å². The van der Waals surface area contributed by atoms with E-state index in [1.807, 2.05) is 0 Å². The Morgan fingerprint density at radius 3 is 2.50 bits per heavy atom. The number of fused-ring (bicyclic) bond motifs is 1. The van der Waals surface area contributed by atoms with Gasteiger partial charge in [-0.25, -0.2) is 0 Å². The molecular formula is C17H22BrNO. The van der Waals surface area contributed by atoms with Gasteiger partial charge in [0.25, 0.3) is 0 Å². The highest BCUT2D eigenvalue weighted by Crippen LogP contribution is 2.29. The lowest BCUT2D eigenvalue weighted by atomic mass is 10.0. The number of nitrogens with one attached hydrogen (secondary N) is 1. The standard InChI is InChI=1S/C17H22BrNO/c18-15-8-7-12-9-14(10-13(12)11-15)17(20)19-16-5-3-1-2-4-6-16/h7-8,11,14,16H,1-6,9-10H2,(H,19,20). The summed E-state index contributed by atoms with van der Waals surface area (Å²) in [5.74, 6) is 0.409. The van der Waals surface area contributed by atoms with Crippen LogP contribution in [0.15, 0.2) is 22.7 Å². The fourth-order valence-corrected chi connectivity index (χ4v) is 3.92. The first kappa shape index (κ1) is 14.1. The molecule has 3 rings (SSSR count). The van der Waals surface area contributed by atoms with Crippen LogP contribution in [0.1, 0.15) is 49.7 Å². The third-order valence-electron chi connectivity index (χ3n) is 4.67. The molecule has 1 aromatic carbocycles. The lowest BCUT2D eigenvalue weighted by molar-refractivity contribution is -0.125. The summed E-state index contributed by atoms with van der Waals surface area (Å²) in [5.41, 5.74) is 2.68. The molecule has 3 heteroatoms. The van der Waals surface area contributed by atoms with Gasteiger partial charge < -0.3 is 5.32 Å². The third-order valence-corrected chi connectivity index (χ3v) is 5.17. The highest BCUT2D eigenvalue weighted by Gasteiger charge is 2.28. The van der Waals surface area contributed by atoms with E-state index >= 15 is 0 Å². The van der Waals surface area contributed by atoms with Gasteiger partial charge in [-0.1, -0.05) is 47.7 Å². The highest BCUT2D eigenvalue weighted by atomic mass is 79.9. The molecule has 1 amide bonds. The van der Waals surface area contributed by atoms with Crippen molar-refractivity contribution >= 4 is 21.8 Å². The number of rotatable bonds is 2. The first-order valence-corrected chi connectivity index (χ1v) is 8.59. The minimum Gasteiger partial charge on any atom is -0.353 e. The summed E-state index contributed by atoms with van der Waals surface area (Å²) in [5, 5.41) is 3.30. The predicted octanol–water partition coefficient (Wildman–Crippen LogP) is 4.00. The van der Waals surface area contributed by atoms with E-state index in [4.69, 9.17) is 0 Å². The maximum Gasteiger partial charge on any atom is 0.223 e. The van der Waals surface area contributed by atoms with Crippen LogP contribution in [0, 0.1) is 5.92 Å². The molecule has 0 heterocycles. The van der Waals surface area contributed by atoms with E-state index in [1.54, 1.807) is 0 Å². The molecule has 2 aliphatic rings. The van der Waals surface area contributed by atoms with Crippen LogP contribution in [0.5, 0.6) is 0 Å². The zero-order valence-electron chi connectivity index (χ0n) is 11.8. The van der Waals surface area contributed by atoms with Gasteiger partial charge in [-0.05, 0) is 48.9 Å². The van der Waals surface area contributed by atoms with Crippen LogP contribution in [0.3, 0.4) is 0 Å². The maximum atomic E-state index is 12.5. The van der Waals surface area contributed by atoms with Crippen LogP contribution >= 0.6 is 15.9 Å². The van der Waals surface area contributed by atoms with Gasteiger partial charge in [0, 0.05) is 16.4 Å². The van der Waals surface area contributed by atoms with Crippen LogP contribution in [0.4, 0.5) is 0 Å². The average molecular weight is 336 g/mol. The molecule has 0 aliphatic heterocycles. The highest BCUT2D eigenvalue weighted by molar-refractivity contribution is 9.10. The van der Waals surface area contributed by atoms with E-state index < -0.39 is 0 Å². The van der Waals surface area contributed by atoms with E-state index in [0.29, 0.717) is 6.04 Å². The molecule has 1 N–H and O–H groups in total. The Labute approximate surface area is 129 Å². The summed E-state index contributed by atoms with van der Waals surface area (Å²) >= 11 is 3.51. The number of hydrogen-bond donors (Lipinski definition) is 1. The second-order valence-electron chi connectivity index (χ2n) is 6.22. The van der Waals surface area contributed by atoms with Crippen LogP contribution < -0.4 is 5.32 Å². The number of carbonyl (C=O) groups is 1. The summed E-state index contributed by atoms with van der Waals surface area (Å²) < 4.78 is 1.11. The van der Waals surface area contributed by atoms with E-state index in [9.17, 15) is 4.79 Å². The quantitative estimate of drug-likeness (QED) is 0.813. The number of amides is 1. The van der Waals surface area contributed by atoms with Gasteiger partial charge in [0.15, 0.2) is 0 Å². The van der Waals surface area contributed by atoms with Crippen molar-refractivity contribution in [1.82, 2.24) is 5.32 Å². The molecule has 2 aliphatic carbocycles. The van der Waals surface area contributed by atoms with Gasteiger partial charge in [-0.3, -0.25) is 4.79 Å². The van der Waals surface area contributed by atoms with Crippen molar-refractivity contribution < 1.29 is 4.79 Å². The summed E-state index contributed by atoms with van der Waals surface area (Å²) in [6, 6.07) is 6.80. The average Bonchev–Trinajstić information content (AvgIpc) is 2.68. The second-order valence-corrected chi connectivity index (χ2v) is 7.13. The molecule has 0 bridgehead atoms. The molecule has 0 spiro atoms. The summed E-state index contributed by atoms with van der Waals surface area (Å²) in [4.78, 5) is 12.5. The minimum atomic E-state index is 0.141. The Hall–Kier alpha value is -0.830. The molecule has 2 nitrogen and oxygen atoms in total. The number of hydrogen-bond acceptors (Lipinski definition) is 1. The molecule has 108 valence electrons. The first-order chi connectivity index (χ1) is 9.72. The van der Waals surface area contributed by atoms with E-state index in [1.165, 1.54) is 36.8 Å². The van der Waals surface area contributed by atoms with Gasteiger partial charge in [-0.15, -0.1) is 0 Å². The van der Waals surface area contributed by atoms with Gasteiger partial charge in [0.05, 0.1) is 0 Å². The van der Waals surface area contributed by atoms with Crippen molar-refractivity contribution in [2.45, 2.75) is 57.4 Å². The van der Waals surface area contributed by atoms with Crippen molar-refractivity contribution in [2.75, 3.05) is 0 Å². The van der Waals surface area contributed by atoms with E-state index in [0.717, 1.165) is 30.2 Å². The van der Waals surface area contributed by atoms with Crippen LogP contribution in [-0.2, 0) is 17.6 Å². The Morgan fingerprint density at radius 1 is 1.05 bits per heavy atom.